The van der Waals surface area contributed by atoms with Gasteiger partial charge in [-0.1, -0.05) is 73.6 Å². The summed E-state index contributed by atoms with van der Waals surface area (Å²) in [6.45, 7) is 9.56. The topological polar surface area (TPSA) is 0 Å². The van der Waals surface area contributed by atoms with Crippen LogP contribution in [-0.2, 0) is 0 Å². The quantitative estimate of drug-likeness (QED) is 0.287. The van der Waals surface area contributed by atoms with Crippen LogP contribution in [0.15, 0.2) is 104 Å². The Kier molecular flexibility index (Phi) is 6.70. The van der Waals surface area contributed by atoms with E-state index in [2.05, 4.69) is 76.3 Å². The molecule has 35 heavy (non-hydrogen) atoms. The first-order valence-electron chi connectivity index (χ1n) is 13.7. The molecule has 1 heteroatoms. The molecular weight excluding hydrogens is 535 g/mol. The highest BCUT2D eigenvalue weighted by molar-refractivity contribution is 14.0. The molecule has 184 valence electrons. The third-order valence-electron chi connectivity index (χ3n) is 10.1. The summed E-state index contributed by atoms with van der Waals surface area (Å²) >= 11 is 0. The van der Waals surface area contributed by atoms with E-state index in [1.807, 2.05) is 0 Å². The van der Waals surface area contributed by atoms with Gasteiger partial charge in [-0.25, -0.2) is 0 Å². The van der Waals surface area contributed by atoms with E-state index in [9.17, 15) is 0 Å². The Morgan fingerprint density at radius 3 is 1.31 bits per heavy atom. The van der Waals surface area contributed by atoms with Gasteiger partial charge in [0.1, 0.15) is 0 Å². The zero-order valence-corrected chi connectivity index (χ0v) is 24.4. The van der Waals surface area contributed by atoms with Gasteiger partial charge >= 0.3 is 0 Å². The molecule has 0 aromatic heterocycles. The number of rotatable bonds is 2. The second-order valence-electron chi connectivity index (χ2n) is 11.9. The van der Waals surface area contributed by atoms with Crippen molar-refractivity contribution in [2.24, 2.45) is 10.8 Å². The first-order valence-corrected chi connectivity index (χ1v) is 13.7. The Bertz CT molecular complexity index is 1140. The molecule has 0 bridgehead atoms. The first kappa shape index (κ1) is 25.1. The van der Waals surface area contributed by atoms with E-state index in [0.717, 1.165) is 12.8 Å². The molecule has 0 heterocycles. The van der Waals surface area contributed by atoms with Gasteiger partial charge in [0.05, 0.1) is 0 Å². The lowest BCUT2D eigenvalue weighted by molar-refractivity contribution is 0.172. The monoisotopic (exact) mass is 576 g/mol. The van der Waals surface area contributed by atoms with Crippen LogP contribution in [0.4, 0.5) is 0 Å². The van der Waals surface area contributed by atoms with Crippen LogP contribution < -0.4 is 0 Å². The van der Waals surface area contributed by atoms with Crippen molar-refractivity contribution in [3.63, 3.8) is 0 Å². The molecule has 2 atom stereocenters. The molecule has 2 unspecified atom stereocenters. The van der Waals surface area contributed by atoms with Gasteiger partial charge < -0.3 is 0 Å². The van der Waals surface area contributed by atoms with Crippen LogP contribution in [-0.4, -0.2) is 0 Å². The highest BCUT2D eigenvalue weighted by atomic mass is 127. The van der Waals surface area contributed by atoms with Crippen molar-refractivity contribution in [1.82, 2.24) is 0 Å². The average molecular weight is 577 g/mol. The number of halogens is 1. The zero-order chi connectivity index (χ0) is 23.5. The summed E-state index contributed by atoms with van der Waals surface area (Å²) in [5.74, 6) is 0. The molecule has 0 amide bonds. The molecule has 1 fully saturated rings. The van der Waals surface area contributed by atoms with Crippen LogP contribution in [0.3, 0.4) is 0 Å². The van der Waals surface area contributed by atoms with Gasteiger partial charge in [0, 0.05) is 10.8 Å². The van der Waals surface area contributed by atoms with Gasteiger partial charge in [0.15, 0.2) is 0 Å². The van der Waals surface area contributed by atoms with Crippen LogP contribution in [0.25, 0.3) is 0 Å². The summed E-state index contributed by atoms with van der Waals surface area (Å²) in [4.78, 5) is 0. The summed E-state index contributed by atoms with van der Waals surface area (Å²) in [6.07, 6.45) is 31.6. The van der Waals surface area contributed by atoms with E-state index in [4.69, 9.17) is 0 Å². The molecule has 0 radical (unpaired) electrons. The van der Waals surface area contributed by atoms with Crippen LogP contribution in [0.2, 0.25) is 0 Å². The SMILES string of the molecule is CC12CC=CC1=C1CCCC1=C1C=CCC12C.CC1=C(C2=C(C3=C(C)CC=C3)CCC2)C=CC1.I. The molecule has 0 nitrogen and oxygen atoms in total. The highest BCUT2D eigenvalue weighted by Crippen LogP contribution is 2.65. The molecule has 0 saturated heterocycles. The van der Waals surface area contributed by atoms with E-state index in [-0.39, 0.29) is 24.0 Å². The van der Waals surface area contributed by atoms with E-state index < -0.39 is 0 Å². The molecule has 7 aliphatic rings. The third kappa shape index (κ3) is 3.74. The summed E-state index contributed by atoms with van der Waals surface area (Å²) < 4.78 is 0. The predicted molar refractivity (Wildman–Crippen MR) is 161 cm³/mol. The van der Waals surface area contributed by atoms with Gasteiger partial charge in [0.25, 0.3) is 0 Å². The molecule has 0 spiro atoms. The van der Waals surface area contributed by atoms with Gasteiger partial charge in [-0.05, 0) is 123 Å². The standard InChI is InChI=1S/2C17H20.HI/c1-16-10-4-8-14(16)12-6-3-7-13(12)15-9-5-11-17(15,16)2;1-12-6-3-8-14(12)16-10-5-11-17(16)15-9-4-7-13(15)2;/h4-5,8-9H,3,6-7,10-11H2,1-2H3;3-4,8-9H,5-7,10-11H2,1-2H3;1H. The Morgan fingerprint density at radius 1 is 0.543 bits per heavy atom. The lowest BCUT2D eigenvalue weighted by Gasteiger charge is -2.48. The van der Waals surface area contributed by atoms with Crippen molar-refractivity contribution in [1.29, 1.82) is 0 Å². The summed E-state index contributed by atoms with van der Waals surface area (Å²) in [5.41, 5.74) is 17.0. The van der Waals surface area contributed by atoms with Gasteiger partial charge in [0.2, 0.25) is 0 Å². The van der Waals surface area contributed by atoms with Crippen molar-refractivity contribution >= 4 is 24.0 Å². The Balaban J connectivity index is 0.000000141. The molecule has 0 aromatic rings. The molecule has 0 aliphatic heterocycles. The number of hydrogen-bond donors (Lipinski definition) is 0. The number of allylic oxidation sites excluding steroid dienone is 18. The fourth-order valence-electron chi connectivity index (χ4n) is 7.93. The lowest BCUT2D eigenvalue weighted by Crippen LogP contribution is -2.39. The Labute approximate surface area is 230 Å². The lowest BCUT2D eigenvalue weighted by atomic mass is 9.55. The minimum Gasteiger partial charge on any atom is -0.107 e. The largest absolute Gasteiger partial charge is 0.107 e. The maximum absolute atomic E-state index is 2.50. The van der Waals surface area contributed by atoms with Crippen molar-refractivity contribution < 1.29 is 0 Å². The molecule has 0 aromatic carbocycles. The third-order valence-corrected chi connectivity index (χ3v) is 10.1. The minimum atomic E-state index is 0. The Morgan fingerprint density at radius 2 is 0.943 bits per heavy atom. The van der Waals surface area contributed by atoms with Crippen molar-refractivity contribution in [2.75, 3.05) is 0 Å². The maximum Gasteiger partial charge on any atom is 0.00592 e. The molecule has 0 N–H and O–H groups in total. The van der Waals surface area contributed by atoms with Crippen LogP contribution in [0.5, 0.6) is 0 Å². The fourth-order valence-corrected chi connectivity index (χ4v) is 7.93. The van der Waals surface area contributed by atoms with Crippen LogP contribution >= 0.6 is 24.0 Å². The predicted octanol–water partition coefficient (Wildman–Crippen LogP) is 10.3. The van der Waals surface area contributed by atoms with Crippen LogP contribution in [0.1, 0.15) is 91.9 Å². The van der Waals surface area contributed by atoms with Gasteiger partial charge in [-0.2, -0.15) is 0 Å². The van der Waals surface area contributed by atoms with Crippen molar-refractivity contribution in [2.45, 2.75) is 91.9 Å². The maximum atomic E-state index is 2.50. The smallest absolute Gasteiger partial charge is 0.00592 e. The van der Waals surface area contributed by atoms with E-state index >= 15 is 0 Å². The second-order valence-corrected chi connectivity index (χ2v) is 11.9. The summed E-state index contributed by atoms with van der Waals surface area (Å²) in [6, 6.07) is 0. The highest BCUT2D eigenvalue weighted by Gasteiger charge is 2.54. The van der Waals surface area contributed by atoms with E-state index in [0.29, 0.717) is 10.8 Å². The summed E-state index contributed by atoms with van der Waals surface area (Å²) in [5, 5.41) is 0. The van der Waals surface area contributed by atoms with Gasteiger partial charge in [-0.15, -0.1) is 24.0 Å². The minimum absolute atomic E-state index is 0. The van der Waals surface area contributed by atoms with E-state index in [1.165, 1.54) is 62.5 Å². The van der Waals surface area contributed by atoms with Crippen molar-refractivity contribution in [3.05, 3.63) is 104 Å². The normalized spacial score (nSPS) is 32.1. The van der Waals surface area contributed by atoms with Crippen LogP contribution in [0, 0.1) is 10.8 Å². The fraction of sp³-hybridized carbons (Fsp3) is 0.471. The second kappa shape index (κ2) is 9.36. The zero-order valence-electron chi connectivity index (χ0n) is 22.1. The van der Waals surface area contributed by atoms with Crippen molar-refractivity contribution in [3.8, 4) is 0 Å². The molecule has 1 saturated carbocycles. The first-order chi connectivity index (χ1) is 16.4. The van der Waals surface area contributed by atoms with Gasteiger partial charge in [-0.3, -0.25) is 0 Å². The molecule has 7 aliphatic carbocycles. The molecular formula is C34H41I. The summed E-state index contributed by atoms with van der Waals surface area (Å²) in [7, 11) is 0. The number of fused-ring (bicyclic) bond motifs is 4. The average Bonchev–Trinajstić information content (AvgIpc) is 3.62. The van der Waals surface area contributed by atoms with E-state index in [1.54, 1.807) is 44.6 Å². The number of hydrogen-bond acceptors (Lipinski definition) is 0. The molecule has 7 rings (SSSR count). The Hall–Kier alpha value is -1.61.